The van der Waals surface area contributed by atoms with E-state index in [9.17, 15) is 0 Å². The maximum Gasteiger partial charge on any atom is 0.161 e. The molecular formula is C12H16BrClN2O. The van der Waals surface area contributed by atoms with Gasteiger partial charge in [-0.3, -0.25) is 0 Å². The van der Waals surface area contributed by atoms with Gasteiger partial charge in [-0.2, -0.15) is 0 Å². The van der Waals surface area contributed by atoms with Crippen molar-refractivity contribution in [1.82, 2.24) is 9.97 Å². The van der Waals surface area contributed by atoms with E-state index < -0.39 is 5.60 Å². The summed E-state index contributed by atoms with van der Waals surface area (Å²) in [6, 6.07) is 0. The summed E-state index contributed by atoms with van der Waals surface area (Å²) in [6.07, 6.45) is 3.17. The molecule has 17 heavy (non-hydrogen) atoms. The van der Waals surface area contributed by atoms with Crippen LogP contribution < -0.4 is 0 Å². The molecule has 1 aromatic heterocycles. The maximum atomic E-state index is 6.16. The number of hydrogen-bond donors (Lipinski definition) is 0. The Morgan fingerprint density at radius 2 is 2.12 bits per heavy atom. The highest BCUT2D eigenvalue weighted by molar-refractivity contribution is 9.10. The Hall–Kier alpha value is -0.190. The SMILES string of the molecule is CCC(C)(OC)c1nc(Cl)c(Br)c(C2CC2)n1. The zero-order valence-electron chi connectivity index (χ0n) is 10.3. The van der Waals surface area contributed by atoms with Crippen LogP contribution in [0.1, 0.15) is 50.5 Å². The van der Waals surface area contributed by atoms with E-state index in [-0.39, 0.29) is 0 Å². The molecule has 5 heteroatoms. The van der Waals surface area contributed by atoms with Crippen LogP contribution in [0.4, 0.5) is 0 Å². The Morgan fingerprint density at radius 3 is 2.59 bits per heavy atom. The second kappa shape index (κ2) is 4.82. The Labute approximate surface area is 115 Å². The summed E-state index contributed by atoms with van der Waals surface area (Å²) in [5, 5.41) is 0.480. The van der Waals surface area contributed by atoms with Gasteiger partial charge in [-0.1, -0.05) is 18.5 Å². The first kappa shape index (κ1) is 13.2. The van der Waals surface area contributed by atoms with Crippen molar-refractivity contribution in [3.05, 3.63) is 21.1 Å². The molecule has 1 atom stereocenters. The lowest BCUT2D eigenvalue weighted by Crippen LogP contribution is -2.27. The quantitative estimate of drug-likeness (QED) is 0.786. The first-order valence-electron chi connectivity index (χ1n) is 5.80. The van der Waals surface area contributed by atoms with Gasteiger partial charge in [0.1, 0.15) is 10.8 Å². The minimum atomic E-state index is -0.464. The van der Waals surface area contributed by atoms with Crippen LogP contribution in [-0.2, 0) is 10.3 Å². The average Bonchev–Trinajstić information content (AvgIpc) is 3.15. The normalized spacial score (nSPS) is 19.1. The van der Waals surface area contributed by atoms with Crippen LogP contribution in [0.15, 0.2) is 4.47 Å². The van der Waals surface area contributed by atoms with Crippen molar-refractivity contribution in [2.45, 2.75) is 44.6 Å². The molecule has 0 amide bonds. The lowest BCUT2D eigenvalue weighted by atomic mass is 10.0. The Bertz CT molecular complexity index is 431. The molecule has 1 aromatic rings. The van der Waals surface area contributed by atoms with Gasteiger partial charge in [-0.15, -0.1) is 0 Å². The first-order valence-corrected chi connectivity index (χ1v) is 6.97. The minimum Gasteiger partial charge on any atom is -0.371 e. The smallest absolute Gasteiger partial charge is 0.161 e. The number of aromatic nitrogens is 2. The van der Waals surface area contributed by atoms with Crippen LogP contribution in [-0.4, -0.2) is 17.1 Å². The van der Waals surface area contributed by atoms with Crippen LogP contribution in [0.5, 0.6) is 0 Å². The minimum absolute atomic E-state index is 0.464. The molecule has 1 heterocycles. The summed E-state index contributed by atoms with van der Waals surface area (Å²) in [7, 11) is 1.68. The lowest BCUT2D eigenvalue weighted by Gasteiger charge is -2.25. The van der Waals surface area contributed by atoms with Gasteiger partial charge in [0.2, 0.25) is 0 Å². The Balaban J connectivity index is 2.48. The maximum absolute atomic E-state index is 6.16. The molecular weight excluding hydrogens is 304 g/mol. The zero-order chi connectivity index (χ0) is 12.6. The third-order valence-corrected chi connectivity index (χ3v) is 4.68. The van der Waals surface area contributed by atoms with Gasteiger partial charge in [0.15, 0.2) is 5.82 Å². The fourth-order valence-electron chi connectivity index (χ4n) is 1.69. The molecule has 1 fully saturated rings. The topological polar surface area (TPSA) is 35.0 Å². The van der Waals surface area contributed by atoms with E-state index in [0.29, 0.717) is 16.9 Å². The summed E-state index contributed by atoms with van der Waals surface area (Å²) in [5.41, 5.74) is 0.560. The van der Waals surface area contributed by atoms with E-state index in [1.54, 1.807) is 7.11 Å². The molecule has 1 aliphatic rings. The summed E-state index contributed by atoms with van der Waals surface area (Å²) in [5.74, 6) is 1.21. The van der Waals surface area contributed by atoms with Gasteiger partial charge in [0, 0.05) is 13.0 Å². The molecule has 0 radical (unpaired) electrons. The van der Waals surface area contributed by atoms with Crippen molar-refractivity contribution < 1.29 is 4.74 Å². The number of methoxy groups -OCH3 is 1. The van der Waals surface area contributed by atoms with E-state index in [1.807, 2.05) is 6.92 Å². The van der Waals surface area contributed by atoms with Gasteiger partial charge in [0.05, 0.1) is 10.2 Å². The molecule has 94 valence electrons. The number of halogens is 2. The highest BCUT2D eigenvalue weighted by Crippen LogP contribution is 2.44. The number of nitrogens with zero attached hydrogens (tertiary/aromatic N) is 2. The monoisotopic (exact) mass is 318 g/mol. The summed E-state index contributed by atoms with van der Waals surface area (Å²) < 4.78 is 6.36. The van der Waals surface area contributed by atoms with Crippen molar-refractivity contribution in [2.75, 3.05) is 7.11 Å². The number of ether oxygens (including phenoxy) is 1. The molecule has 0 aliphatic heterocycles. The molecule has 0 saturated heterocycles. The molecule has 0 bridgehead atoms. The number of hydrogen-bond acceptors (Lipinski definition) is 3. The van der Waals surface area contributed by atoms with Gasteiger partial charge in [-0.05, 0) is 42.1 Å². The van der Waals surface area contributed by atoms with Crippen LogP contribution in [0.2, 0.25) is 5.15 Å². The second-order valence-electron chi connectivity index (χ2n) is 4.60. The van der Waals surface area contributed by atoms with E-state index in [0.717, 1.165) is 16.6 Å². The van der Waals surface area contributed by atoms with E-state index in [1.165, 1.54) is 12.8 Å². The van der Waals surface area contributed by atoms with Crippen molar-refractivity contribution in [3.8, 4) is 0 Å². The zero-order valence-corrected chi connectivity index (χ0v) is 12.6. The molecule has 1 saturated carbocycles. The van der Waals surface area contributed by atoms with Crippen molar-refractivity contribution >= 4 is 27.5 Å². The standard InChI is InChI=1S/C12H16BrClN2O/c1-4-12(2,17-3)11-15-9(7-5-6-7)8(13)10(14)16-11/h7H,4-6H2,1-3H3. The van der Waals surface area contributed by atoms with Gasteiger partial charge in [-0.25, -0.2) is 9.97 Å². The third-order valence-electron chi connectivity index (χ3n) is 3.40. The van der Waals surface area contributed by atoms with Crippen molar-refractivity contribution in [1.29, 1.82) is 0 Å². The van der Waals surface area contributed by atoms with Crippen molar-refractivity contribution in [3.63, 3.8) is 0 Å². The molecule has 0 spiro atoms. The van der Waals surface area contributed by atoms with Crippen molar-refractivity contribution in [2.24, 2.45) is 0 Å². The van der Waals surface area contributed by atoms with Crippen LogP contribution >= 0.6 is 27.5 Å². The first-order chi connectivity index (χ1) is 8.01. The van der Waals surface area contributed by atoms with Crippen LogP contribution in [0, 0.1) is 0 Å². The van der Waals surface area contributed by atoms with E-state index >= 15 is 0 Å². The van der Waals surface area contributed by atoms with E-state index in [2.05, 4.69) is 32.8 Å². The largest absolute Gasteiger partial charge is 0.371 e. The van der Waals surface area contributed by atoms with Gasteiger partial charge in [0.25, 0.3) is 0 Å². The highest BCUT2D eigenvalue weighted by atomic mass is 79.9. The molecule has 3 nitrogen and oxygen atoms in total. The number of rotatable bonds is 4. The fraction of sp³-hybridized carbons (Fsp3) is 0.667. The molecule has 1 aliphatic carbocycles. The summed E-state index contributed by atoms with van der Waals surface area (Å²) in [6.45, 7) is 4.04. The van der Waals surface area contributed by atoms with Crippen LogP contribution in [0.25, 0.3) is 0 Å². The fourth-order valence-corrected chi connectivity index (χ4v) is 2.37. The summed E-state index contributed by atoms with van der Waals surface area (Å²) in [4.78, 5) is 8.98. The summed E-state index contributed by atoms with van der Waals surface area (Å²) >= 11 is 9.63. The van der Waals surface area contributed by atoms with Gasteiger partial charge < -0.3 is 4.74 Å². The molecule has 1 unspecified atom stereocenters. The highest BCUT2D eigenvalue weighted by Gasteiger charge is 2.33. The Morgan fingerprint density at radius 1 is 1.47 bits per heavy atom. The molecule has 2 rings (SSSR count). The van der Waals surface area contributed by atoms with Crippen LogP contribution in [0.3, 0.4) is 0 Å². The van der Waals surface area contributed by atoms with E-state index in [4.69, 9.17) is 16.3 Å². The molecule has 0 aromatic carbocycles. The Kier molecular flexibility index (Phi) is 3.76. The van der Waals surface area contributed by atoms with Gasteiger partial charge >= 0.3 is 0 Å². The molecule has 0 N–H and O–H groups in total. The predicted molar refractivity (Wildman–Crippen MR) is 71.4 cm³/mol. The third kappa shape index (κ3) is 2.49. The lowest BCUT2D eigenvalue weighted by molar-refractivity contribution is -0.00918. The average molecular weight is 320 g/mol. The predicted octanol–water partition coefficient (Wildman–Crippen LogP) is 4.04. The second-order valence-corrected chi connectivity index (χ2v) is 5.75.